The highest BCUT2D eigenvalue weighted by atomic mass is 79.9. The summed E-state index contributed by atoms with van der Waals surface area (Å²) < 4.78 is 3.01. The summed E-state index contributed by atoms with van der Waals surface area (Å²) >= 11 is 5.04. The highest BCUT2D eigenvalue weighted by molar-refractivity contribution is 9.10. The van der Waals surface area contributed by atoms with Gasteiger partial charge in [0.2, 0.25) is 5.91 Å². The Morgan fingerprint density at radius 1 is 1.21 bits per heavy atom. The highest BCUT2D eigenvalue weighted by Gasteiger charge is 2.07. The Labute approximate surface area is 177 Å². The Kier molecular flexibility index (Phi) is 6.70. The third kappa shape index (κ3) is 5.11. The maximum Gasteiger partial charge on any atom is 0.250 e. The average molecular weight is 457 g/mol. The normalized spacial score (nSPS) is 11.5. The molecule has 144 valence electrons. The standard InChI is InChI=1S/C21H21BrN4OS/c1-14-11-20(15(2)10-19(14)22)28-12-21(27)25-24-16(3)17-4-6-18(7-5-17)26-9-8-23-13-26/h4-11,13H,12H2,1-3H3,(H,25,27). The largest absolute Gasteiger partial charge is 0.306 e. The van der Waals surface area contributed by atoms with Crippen molar-refractivity contribution in [3.05, 3.63) is 76.3 Å². The van der Waals surface area contributed by atoms with E-state index in [1.165, 1.54) is 11.8 Å². The number of carbonyl (C=O) groups excluding carboxylic acids is 1. The fourth-order valence-corrected chi connectivity index (χ4v) is 3.94. The molecule has 0 unspecified atom stereocenters. The molecular weight excluding hydrogens is 436 g/mol. The van der Waals surface area contributed by atoms with Crippen LogP contribution in [0.15, 0.2) is 69.6 Å². The number of hydrogen-bond donors (Lipinski definition) is 1. The van der Waals surface area contributed by atoms with Gasteiger partial charge in [-0.25, -0.2) is 10.4 Å². The van der Waals surface area contributed by atoms with E-state index in [0.717, 1.165) is 37.5 Å². The highest BCUT2D eigenvalue weighted by Crippen LogP contribution is 2.28. The lowest BCUT2D eigenvalue weighted by Crippen LogP contribution is -2.21. The molecule has 28 heavy (non-hydrogen) atoms. The van der Waals surface area contributed by atoms with Crippen LogP contribution in [0.1, 0.15) is 23.6 Å². The van der Waals surface area contributed by atoms with E-state index in [4.69, 9.17) is 0 Å². The predicted molar refractivity (Wildman–Crippen MR) is 118 cm³/mol. The van der Waals surface area contributed by atoms with Gasteiger partial charge in [-0.15, -0.1) is 11.8 Å². The van der Waals surface area contributed by atoms with Crippen LogP contribution < -0.4 is 5.43 Å². The van der Waals surface area contributed by atoms with Gasteiger partial charge in [-0.3, -0.25) is 4.79 Å². The zero-order valence-electron chi connectivity index (χ0n) is 15.9. The number of benzene rings is 2. The molecule has 5 nitrogen and oxygen atoms in total. The SMILES string of the molecule is CC(=NNC(=O)CSc1cc(C)c(Br)cc1C)c1ccc(-n2ccnc2)cc1. The van der Waals surface area contributed by atoms with Crippen LogP contribution in [0.2, 0.25) is 0 Å². The summed E-state index contributed by atoms with van der Waals surface area (Å²) in [6.45, 7) is 5.96. The Hall–Kier alpha value is -2.38. The van der Waals surface area contributed by atoms with Crippen LogP contribution >= 0.6 is 27.7 Å². The molecule has 0 aliphatic rings. The molecule has 1 heterocycles. The van der Waals surface area contributed by atoms with Crippen molar-refractivity contribution in [2.75, 3.05) is 5.75 Å². The van der Waals surface area contributed by atoms with Crippen LogP contribution in [0.4, 0.5) is 0 Å². The van der Waals surface area contributed by atoms with E-state index in [1.54, 1.807) is 12.5 Å². The maximum atomic E-state index is 12.2. The number of aryl methyl sites for hydroxylation is 2. The average Bonchev–Trinajstić information content (AvgIpc) is 3.23. The maximum absolute atomic E-state index is 12.2. The van der Waals surface area contributed by atoms with E-state index in [0.29, 0.717) is 5.75 Å². The molecule has 3 aromatic rings. The third-order valence-corrected chi connectivity index (χ3v) is 6.26. The molecule has 0 bridgehead atoms. The molecule has 1 N–H and O–H groups in total. The van der Waals surface area contributed by atoms with Gasteiger partial charge < -0.3 is 4.57 Å². The minimum Gasteiger partial charge on any atom is -0.306 e. The number of imidazole rings is 1. The van der Waals surface area contributed by atoms with Crippen LogP contribution in [0, 0.1) is 13.8 Å². The lowest BCUT2D eigenvalue weighted by molar-refractivity contribution is -0.118. The third-order valence-electron chi connectivity index (χ3n) is 4.25. The second-order valence-corrected chi connectivity index (χ2v) is 8.28. The van der Waals surface area contributed by atoms with Crippen molar-refractivity contribution in [2.45, 2.75) is 25.7 Å². The molecule has 0 radical (unpaired) electrons. The van der Waals surface area contributed by atoms with Gasteiger partial charge in [0, 0.05) is 27.4 Å². The first-order valence-electron chi connectivity index (χ1n) is 8.75. The number of halogens is 1. The molecule has 2 aromatic carbocycles. The van der Waals surface area contributed by atoms with Gasteiger partial charge in [-0.1, -0.05) is 28.1 Å². The second-order valence-electron chi connectivity index (χ2n) is 6.40. The fraction of sp³-hybridized carbons (Fsp3) is 0.190. The number of aromatic nitrogens is 2. The molecule has 1 amide bonds. The zero-order valence-corrected chi connectivity index (χ0v) is 18.3. The van der Waals surface area contributed by atoms with E-state index in [1.807, 2.05) is 55.8 Å². The Balaban J connectivity index is 1.57. The van der Waals surface area contributed by atoms with Crippen molar-refractivity contribution >= 4 is 39.3 Å². The first kappa shape index (κ1) is 20.4. The van der Waals surface area contributed by atoms with Gasteiger partial charge in [-0.05, 0) is 61.7 Å². The van der Waals surface area contributed by atoms with Gasteiger partial charge in [0.25, 0.3) is 0 Å². The predicted octanol–water partition coefficient (Wildman–Crippen LogP) is 4.88. The molecule has 0 spiro atoms. The monoisotopic (exact) mass is 456 g/mol. The first-order valence-corrected chi connectivity index (χ1v) is 10.5. The fourth-order valence-electron chi connectivity index (χ4n) is 2.58. The van der Waals surface area contributed by atoms with Gasteiger partial charge in [0.15, 0.2) is 0 Å². The van der Waals surface area contributed by atoms with Crippen molar-refractivity contribution in [1.82, 2.24) is 15.0 Å². The number of rotatable bonds is 6. The van der Waals surface area contributed by atoms with Crippen molar-refractivity contribution < 1.29 is 4.79 Å². The zero-order chi connectivity index (χ0) is 20.1. The summed E-state index contributed by atoms with van der Waals surface area (Å²) in [4.78, 5) is 17.3. The van der Waals surface area contributed by atoms with Crippen LogP contribution in [0.3, 0.4) is 0 Å². The molecule has 0 atom stereocenters. The lowest BCUT2D eigenvalue weighted by Gasteiger charge is -2.08. The van der Waals surface area contributed by atoms with Crippen LogP contribution in [-0.4, -0.2) is 26.9 Å². The molecule has 3 rings (SSSR count). The molecule has 0 aliphatic heterocycles. The molecule has 1 aromatic heterocycles. The van der Waals surface area contributed by atoms with Crippen LogP contribution in [-0.2, 0) is 4.79 Å². The smallest absolute Gasteiger partial charge is 0.250 e. The first-order chi connectivity index (χ1) is 13.4. The number of thioether (sulfide) groups is 1. The van der Waals surface area contributed by atoms with Crippen molar-refractivity contribution in [2.24, 2.45) is 5.10 Å². The summed E-state index contributed by atoms with van der Waals surface area (Å²) in [6, 6.07) is 12.1. The number of nitrogens with zero attached hydrogens (tertiary/aromatic N) is 3. The van der Waals surface area contributed by atoms with Crippen molar-refractivity contribution in [1.29, 1.82) is 0 Å². The number of amides is 1. The Bertz CT molecular complexity index is 998. The summed E-state index contributed by atoms with van der Waals surface area (Å²) in [5, 5.41) is 4.23. The van der Waals surface area contributed by atoms with Crippen molar-refractivity contribution in [3.8, 4) is 5.69 Å². The van der Waals surface area contributed by atoms with Gasteiger partial charge >= 0.3 is 0 Å². The summed E-state index contributed by atoms with van der Waals surface area (Å²) in [6.07, 6.45) is 5.39. The Morgan fingerprint density at radius 2 is 1.96 bits per heavy atom. The molecule has 0 saturated carbocycles. The van der Waals surface area contributed by atoms with E-state index < -0.39 is 0 Å². The Morgan fingerprint density at radius 3 is 2.64 bits per heavy atom. The topological polar surface area (TPSA) is 59.3 Å². The number of carbonyl (C=O) groups is 1. The van der Waals surface area contributed by atoms with E-state index in [9.17, 15) is 4.79 Å². The number of hydrazone groups is 1. The second kappa shape index (κ2) is 9.21. The van der Waals surface area contributed by atoms with Crippen LogP contribution in [0.25, 0.3) is 5.69 Å². The summed E-state index contributed by atoms with van der Waals surface area (Å²) in [5.74, 6) is 0.192. The minimum absolute atomic E-state index is 0.126. The lowest BCUT2D eigenvalue weighted by atomic mass is 10.1. The number of nitrogens with one attached hydrogen (secondary N) is 1. The van der Waals surface area contributed by atoms with E-state index in [2.05, 4.69) is 43.6 Å². The van der Waals surface area contributed by atoms with Gasteiger partial charge in [-0.2, -0.15) is 5.10 Å². The molecule has 7 heteroatoms. The molecule has 0 aliphatic carbocycles. The summed E-state index contributed by atoms with van der Waals surface area (Å²) in [5.41, 5.74) is 7.68. The molecule has 0 fully saturated rings. The molecule has 0 saturated heterocycles. The minimum atomic E-state index is -0.126. The van der Waals surface area contributed by atoms with Gasteiger partial charge in [0.05, 0.1) is 17.8 Å². The van der Waals surface area contributed by atoms with Gasteiger partial charge in [0.1, 0.15) is 0 Å². The summed E-state index contributed by atoms with van der Waals surface area (Å²) in [7, 11) is 0. The molecular formula is C21H21BrN4OS. The van der Waals surface area contributed by atoms with Crippen molar-refractivity contribution in [3.63, 3.8) is 0 Å². The van der Waals surface area contributed by atoms with E-state index >= 15 is 0 Å². The number of hydrogen-bond acceptors (Lipinski definition) is 4. The van der Waals surface area contributed by atoms with E-state index in [-0.39, 0.29) is 5.91 Å². The van der Waals surface area contributed by atoms with Crippen LogP contribution in [0.5, 0.6) is 0 Å². The quantitative estimate of drug-likeness (QED) is 0.326.